The third-order valence-corrected chi connectivity index (χ3v) is 3.11. The van der Waals surface area contributed by atoms with Crippen molar-refractivity contribution in [1.82, 2.24) is 4.90 Å². The van der Waals surface area contributed by atoms with Crippen molar-refractivity contribution in [2.45, 2.75) is 26.8 Å². The van der Waals surface area contributed by atoms with Crippen molar-refractivity contribution >= 4 is 5.70 Å². The minimum atomic E-state index is 0.512. The fraction of sp³-hybridized carbons (Fsp3) is 0.429. The van der Waals surface area contributed by atoms with Crippen molar-refractivity contribution in [2.75, 3.05) is 7.05 Å². The molecule has 0 aromatic heterocycles. The molecule has 0 radical (unpaired) electrons. The highest BCUT2D eigenvalue weighted by molar-refractivity contribution is 5.61. The van der Waals surface area contributed by atoms with E-state index >= 15 is 0 Å². The molecule has 0 aliphatic carbocycles. The maximum absolute atomic E-state index is 4.15. The molecule has 15 heavy (non-hydrogen) atoms. The lowest BCUT2D eigenvalue weighted by molar-refractivity contribution is 0.295. The molecular weight excluding hydrogens is 182 g/mol. The van der Waals surface area contributed by atoms with Crippen molar-refractivity contribution in [3.05, 3.63) is 42.5 Å². The van der Waals surface area contributed by atoms with Crippen molar-refractivity contribution in [3.63, 3.8) is 0 Å². The highest BCUT2D eigenvalue weighted by Crippen LogP contribution is 2.20. The predicted molar refractivity (Wildman–Crippen MR) is 67.5 cm³/mol. The van der Waals surface area contributed by atoms with E-state index in [9.17, 15) is 0 Å². The minimum Gasteiger partial charge on any atom is -0.372 e. The summed E-state index contributed by atoms with van der Waals surface area (Å²) in [5, 5.41) is 0. The van der Waals surface area contributed by atoms with Crippen molar-refractivity contribution in [3.8, 4) is 0 Å². The molecule has 1 aromatic rings. The molecule has 0 aliphatic rings. The second kappa shape index (κ2) is 5.01. The summed E-state index contributed by atoms with van der Waals surface area (Å²) in [7, 11) is 2.11. The van der Waals surface area contributed by atoms with Gasteiger partial charge < -0.3 is 4.90 Å². The van der Waals surface area contributed by atoms with Crippen LogP contribution in [0.1, 0.15) is 26.3 Å². The van der Waals surface area contributed by atoms with Crippen molar-refractivity contribution in [1.29, 1.82) is 0 Å². The van der Waals surface area contributed by atoms with Crippen molar-refractivity contribution < 1.29 is 0 Å². The molecule has 1 atom stereocenters. The lowest BCUT2D eigenvalue weighted by Gasteiger charge is -2.31. The van der Waals surface area contributed by atoms with Crippen LogP contribution in [0.3, 0.4) is 0 Å². The Hall–Kier alpha value is -1.24. The SMILES string of the molecule is C=C(c1ccccc1)N(C)[C@H](C)C(C)C. The number of hydrogen-bond donors (Lipinski definition) is 0. The fourth-order valence-corrected chi connectivity index (χ4v) is 1.53. The van der Waals surface area contributed by atoms with Gasteiger partial charge in [0.05, 0.1) is 0 Å². The monoisotopic (exact) mass is 203 g/mol. The minimum absolute atomic E-state index is 0.512. The van der Waals surface area contributed by atoms with Gasteiger partial charge in [-0.1, -0.05) is 50.8 Å². The van der Waals surface area contributed by atoms with Crippen LogP contribution in [-0.4, -0.2) is 18.0 Å². The van der Waals surface area contributed by atoms with E-state index in [1.807, 2.05) is 18.2 Å². The zero-order valence-corrected chi connectivity index (χ0v) is 10.2. The maximum atomic E-state index is 4.15. The molecule has 0 saturated heterocycles. The Labute approximate surface area is 93.4 Å². The van der Waals surface area contributed by atoms with Crippen LogP contribution in [0, 0.1) is 5.92 Å². The molecule has 0 bridgehead atoms. The summed E-state index contributed by atoms with van der Waals surface area (Å²) < 4.78 is 0. The molecule has 0 N–H and O–H groups in total. The van der Waals surface area contributed by atoms with Crippen LogP contribution in [0.5, 0.6) is 0 Å². The van der Waals surface area contributed by atoms with Gasteiger partial charge in [0, 0.05) is 18.8 Å². The highest BCUT2D eigenvalue weighted by atomic mass is 15.1. The van der Waals surface area contributed by atoms with Gasteiger partial charge in [-0.3, -0.25) is 0 Å². The summed E-state index contributed by atoms with van der Waals surface area (Å²) >= 11 is 0. The van der Waals surface area contributed by atoms with Crippen LogP contribution in [0.25, 0.3) is 5.70 Å². The first-order chi connectivity index (χ1) is 7.04. The van der Waals surface area contributed by atoms with Crippen LogP contribution in [0.15, 0.2) is 36.9 Å². The Bertz CT molecular complexity index is 313. The van der Waals surface area contributed by atoms with E-state index in [1.165, 1.54) is 5.56 Å². The Morgan fingerprint density at radius 1 is 1.13 bits per heavy atom. The van der Waals surface area contributed by atoms with Gasteiger partial charge in [-0.15, -0.1) is 0 Å². The molecule has 0 heterocycles. The lowest BCUT2D eigenvalue weighted by Crippen LogP contribution is -2.31. The van der Waals surface area contributed by atoms with Gasteiger partial charge in [0.15, 0.2) is 0 Å². The molecule has 1 nitrogen and oxygen atoms in total. The number of rotatable bonds is 4. The fourth-order valence-electron chi connectivity index (χ4n) is 1.53. The molecule has 0 aliphatic heterocycles. The molecule has 1 heteroatoms. The van der Waals surface area contributed by atoms with E-state index < -0.39 is 0 Å². The average Bonchev–Trinajstić information content (AvgIpc) is 2.27. The summed E-state index contributed by atoms with van der Waals surface area (Å²) in [6.45, 7) is 10.9. The van der Waals surface area contributed by atoms with E-state index in [-0.39, 0.29) is 0 Å². The third kappa shape index (κ3) is 2.85. The van der Waals surface area contributed by atoms with Gasteiger partial charge in [0.25, 0.3) is 0 Å². The second-order valence-electron chi connectivity index (χ2n) is 4.41. The average molecular weight is 203 g/mol. The van der Waals surface area contributed by atoms with Crippen molar-refractivity contribution in [2.24, 2.45) is 5.92 Å². The van der Waals surface area contributed by atoms with Gasteiger partial charge >= 0.3 is 0 Å². The summed E-state index contributed by atoms with van der Waals surface area (Å²) in [5.41, 5.74) is 2.30. The summed E-state index contributed by atoms with van der Waals surface area (Å²) in [6, 6.07) is 10.8. The highest BCUT2D eigenvalue weighted by Gasteiger charge is 2.14. The molecule has 82 valence electrons. The van der Waals surface area contributed by atoms with Gasteiger partial charge in [0.2, 0.25) is 0 Å². The van der Waals surface area contributed by atoms with Crippen LogP contribution < -0.4 is 0 Å². The smallest absolute Gasteiger partial charge is 0.0366 e. The molecule has 1 rings (SSSR count). The Morgan fingerprint density at radius 3 is 2.13 bits per heavy atom. The summed E-state index contributed by atoms with van der Waals surface area (Å²) in [5.74, 6) is 0.635. The molecule has 0 fully saturated rings. The van der Waals surface area contributed by atoms with E-state index in [0.29, 0.717) is 12.0 Å². The molecule has 0 amide bonds. The van der Waals surface area contributed by atoms with Crippen LogP contribution in [0.4, 0.5) is 0 Å². The standard InChI is InChI=1S/C14H21N/c1-11(2)12(3)15(5)13(4)14-9-7-6-8-10-14/h6-12H,4H2,1-3,5H3/t12-/m1/s1. The van der Waals surface area contributed by atoms with E-state index in [2.05, 4.69) is 51.4 Å². The number of benzene rings is 1. The van der Waals surface area contributed by atoms with E-state index in [1.54, 1.807) is 0 Å². The third-order valence-electron chi connectivity index (χ3n) is 3.11. The van der Waals surface area contributed by atoms with Gasteiger partial charge in [-0.2, -0.15) is 0 Å². The van der Waals surface area contributed by atoms with Crippen LogP contribution in [-0.2, 0) is 0 Å². The van der Waals surface area contributed by atoms with Crippen LogP contribution >= 0.6 is 0 Å². The predicted octanol–water partition coefficient (Wildman–Crippen LogP) is 3.63. The maximum Gasteiger partial charge on any atom is 0.0366 e. The second-order valence-corrected chi connectivity index (χ2v) is 4.41. The normalized spacial score (nSPS) is 12.6. The lowest BCUT2D eigenvalue weighted by atomic mass is 10.0. The molecular formula is C14H21N. The number of hydrogen-bond acceptors (Lipinski definition) is 1. The van der Waals surface area contributed by atoms with Gasteiger partial charge in [-0.05, 0) is 18.4 Å². The molecule has 0 unspecified atom stereocenters. The summed E-state index contributed by atoms with van der Waals surface area (Å²) in [6.07, 6.45) is 0. The molecule has 0 spiro atoms. The van der Waals surface area contributed by atoms with Gasteiger partial charge in [0.1, 0.15) is 0 Å². The quantitative estimate of drug-likeness (QED) is 0.722. The van der Waals surface area contributed by atoms with Crippen LogP contribution in [0.2, 0.25) is 0 Å². The largest absolute Gasteiger partial charge is 0.372 e. The zero-order chi connectivity index (χ0) is 11.4. The van der Waals surface area contributed by atoms with E-state index in [0.717, 1.165) is 5.70 Å². The van der Waals surface area contributed by atoms with Gasteiger partial charge in [-0.25, -0.2) is 0 Å². The number of nitrogens with zero attached hydrogens (tertiary/aromatic N) is 1. The Morgan fingerprint density at radius 2 is 1.67 bits per heavy atom. The Balaban J connectivity index is 2.78. The first-order valence-corrected chi connectivity index (χ1v) is 5.51. The topological polar surface area (TPSA) is 3.24 Å². The first kappa shape index (κ1) is 11.8. The molecule has 0 saturated carbocycles. The first-order valence-electron chi connectivity index (χ1n) is 5.51. The zero-order valence-electron chi connectivity index (χ0n) is 10.2. The van der Waals surface area contributed by atoms with E-state index in [4.69, 9.17) is 0 Å². The Kier molecular flexibility index (Phi) is 3.96. The summed E-state index contributed by atoms with van der Waals surface area (Å²) in [4.78, 5) is 2.25. The molecule has 1 aromatic carbocycles.